The van der Waals surface area contributed by atoms with Gasteiger partial charge >= 0.3 is 0 Å². The highest BCUT2D eigenvalue weighted by molar-refractivity contribution is 7.98. The topological polar surface area (TPSA) is 64.4 Å². The monoisotopic (exact) mass is 493 g/mol. The van der Waals surface area contributed by atoms with Gasteiger partial charge in [0.1, 0.15) is 11.6 Å². The van der Waals surface area contributed by atoms with E-state index in [9.17, 15) is 17.2 Å². The molecule has 3 aromatic rings. The Bertz CT molecular complexity index is 1270. The van der Waals surface area contributed by atoms with E-state index in [1.807, 2.05) is 4.57 Å². The van der Waals surface area contributed by atoms with Gasteiger partial charge in [0, 0.05) is 31.5 Å². The summed E-state index contributed by atoms with van der Waals surface area (Å²) in [6, 6.07) is 8.61. The van der Waals surface area contributed by atoms with Crippen LogP contribution in [0.3, 0.4) is 0 Å². The van der Waals surface area contributed by atoms with Crippen LogP contribution in [0, 0.1) is 11.6 Å². The zero-order chi connectivity index (χ0) is 23.0. The van der Waals surface area contributed by atoms with Crippen LogP contribution in [0.15, 0.2) is 46.5 Å². The lowest BCUT2D eigenvalue weighted by Crippen LogP contribution is -2.27. The molecule has 2 aliphatic heterocycles. The van der Waals surface area contributed by atoms with Crippen LogP contribution in [0.2, 0.25) is 0 Å². The Hall–Kier alpha value is -2.01. The molecule has 1 aromatic heterocycles. The molecule has 0 radical (unpaired) electrons. The molecule has 0 saturated carbocycles. The second kappa shape index (κ2) is 9.32. The lowest BCUT2D eigenvalue weighted by molar-refractivity contribution is 0.0960. The Morgan fingerprint density at radius 2 is 1.91 bits per heavy atom. The van der Waals surface area contributed by atoms with Crippen molar-refractivity contribution in [3.63, 3.8) is 0 Å². The molecule has 0 bridgehead atoms. The third-order valence-electron chi connectivity index (χ3n) is 6.17. The van der Waals surface area contributed by atoms with Gasteiger partial charge in [-0.05, 0) is 55.5 Å². The molecule has 0 unspecified atom stereocenters. The van der Waals surface area contributed by atoms with Crippen molar-refractivity contribution in [2.75, 3.05) is 19.7 Å². The summed E-state index contributed by atoms with van der Waals surface area (Å²) in [5.74, 6) is -0.929. The maximum Gasteiger partial charge on any atom is 0.243 e. The molecule has 2 fully saturated rings. The molecule has 0 N–H and O–H groups in total. The number of benzene rings is 2. The first-order valence-electron chi connectivity index (χ1n) is 11.1. The Balaban J connectivity index is 1.48. The number of aromatic nitrogens is 2. The number of hydrogen-bond donors (Lipinski definition) is 0. The highest BCUT2D eigenvalue weighted by Crippen LogP contribution is 2.31. The van der Waals surface area contributed by atoms with Gasteiger partial charge < -0.3 is 9.30 Å². The standard InChI is InChI=1S/C23H25F2N3O3S2/c24-17-6-5-16(20(25)12-17)15-32-23-26-21-13-19(33(29,30)27-9-1-2-10-27)7-8-22(21)28(23)14-18-4-3-11-31-18/h5-8,12-13,18H,1-4,9-11,14-15H2/t18-/m0/s1. The Labute approximate surface area is 196 Å². The molecule has 176 valence electrons. The molecule has 3 heterocycles. The molecule has 5 rings (SSSR count). The Morgan fingerprint density at radius 3 is 2.64 bits per heavy atom. The number of halogens is 2. The number of fused-ring (bicyclic) bond motifs is 1. The van der Waals surface area contributed by atoms with Crippen LogP contribution < -0.4 is 0 Å². The number of sulfonamides is 1. The first-order chi connectivity index (χ1) is 15.9. The van der Waals surface area contributed by atoms with Crippen molar-refractivity contribution in [2.45, 2.75) is 54.1 Å². The van der Waals surface area contributed by atoms with E-state index in [-0.39, 0.29) is 16.8 Å². The summed E-state index contributed by atoms with van der Waals surface area (Å²) in [5, 5.41) is 0.653. The first-order valence-corrected chi connectivity index (χ1v) is 13.5. The van der Waals surface area contributed by atoms with Gasteiger partial charge in [-0.1, -0.05) is 17.8 Å². The lowest BCUT2D eigenvalue weighted by Gasteiger charge is -2.16. The maximum atomic E-state index is 14.1. The summed E-state index contributed by atoms with van der Waals surface area (Å²) in [4.78, 5) is 4.94. The molecule has 0 amide bonds. The van der Waals surface area contributed by atoms with Crippen molar-refractivity contribution in [1.29, 1.82) is 0 Å². The van der Waals surface area contributed by atoms with Crippen molar-refractivity contribution < 1.29 is 21.9 Å². The Morgan fingerprint density at radius 1 is 1.09 bits per heavy atom. The molecule has 2 aliphatic rings. The molecule has 10 heteroatoms. The fourth-order valence-electron chi connectivity index (χ4n) is 4.39. The van der Waals surface area contributed by atoms with Crippen molar-refractivity contribution in [3.05, 3.63) is 53.6 Å². The number of thioether (sulfide) groups is 1. The minimum absolute atomic E-state index is 0.0531. The predicted octanol–water partition coefficient (Wildman–Crippen LogP) is 4.57. The van der Waals surface area contributed by atoms with Crippen molar-refractivity contribution in [3.8, 4) is 0 Å². The zero-order valence-electron chi connectivity index (χ0n) is 18.0. The van der Waals surface area contributed by atoms with Gasteiger partial charge in [-0.15, -0.1) is 0 Å². The fraction of sp³-hybridized carbons (Fsp3) is 0.435. The summed E-state index contributed by atoms with van der Waals surface area (Å²) in [5.41, 5.74) is 1.78. The van der Waals surface area contributed by atoms with Gasteiger partial charge in [-0.25, -0.2) is 22.2 Å². The van der Waals surface area contributed by atoms with Crippen molar-refractivity contribution in [1.82, 2.24) is 13.9 Å². The summed E-state index contributed by atoms with van der Waals surface area (Å²) in [6.45, 7) is 2.39. The minimum Gasteiger partial charge on any atom is -0.376 e. The van der Waals surface area contributed by atoms with Crippen LogP contribution in [0.25, 0.3) is 11.0 Å². The van der Waals surface area contributed by atoms with Crippen molar-refractivity contribution >= 4 is 32.8 Å². The van der Waals surface area contributed by atoms with Gasteiger partial charge in [0.25, 0.3) is 0 Å². The molecule has 0 spiro atoms. The largest absolute Gasteiger partial charge is 0.376 e. The van der Waals surface area contributed by atoms with E-state index in [2.05, 4.69) is 0 Å². The normalized spacial score (nSPS) is 19.6. The number of imidazole rings is 1. The molecule has 6 nitrogen and oxygen atoms in total. The van der Waals surface area contributed by atoms with Crippen LogP contribution in [-0.2, 0) is 27.1 Å². The van der Waals surface area contributed by atoms with Gasteiger partial charge in [0.2, 0.25) is 10.0 Å². The quantitative estimate of drug-likeness (QED) is 0.451. The minimum atomic E-state index is -3.55. The van der Waals surface area contributed by atoms with Crippen LogP contribution in [0.5, 0.6) is 0 Å². The van der Waals surface area contributed by atoms with E-state index in [1.54, 1.807) is 18.2 Å². The van der Waals surface area contributed by atoms with Crippen LogP contribution in [0.1, 0.15) is 31.2 Å². The summed E-state index contributed by atoms with van der Waals surface area (Å²) >= 11 is 1.34. The smallest absolute Gasteiger partial charge is 0.243 e. The molecule has 2 saturated heterocycles. The molecular weight excluding hydrogens is 468 g/mol. The third kappa shape index (κ3) is 4.66. The van der Waals surface area contributed by atoms with E-state index in [0.717, 1.165) is 43.9 Å². The number of ether oxygens (including phenoxy) is 1. The lowest BCUT2D eigenvalue weighted by atomic mass is 10.2. The Kier molecular flexibility index (Phi) is 6.43. The van der Waals surface area contributed by atoms with Crippen molar-refractivity contribution in [2.24, 2.45) is 0 Å². The molecule has 2 aromatic carbocycles. The SMILES string of the molecule is O=S(=O)(c1ccc2c(c1)nc(SCc1ccc(F)cc1F)n2C[C@@H]1CCCO1)N1CCCC1. The van der Waals surface area contributed by atoms with E-state index in [0.29, 0.717) is 35.9 Å². The second-order valence-corrected chi connectivity index (χ2v) is 11.3. The highest BCUT2D eigenvalue weighted by atomic mass is 32.2. The van der Waals surface area contributed by atoms with E-state index in [4.69, 9.17) is 9.72 Å². The predicted molar refractivity (Wildman–Crippen MR) is 123 cm³/mol. The van der Waals surface area contributed by atoms with Gasteiger partial charge in [0.15, 0.2) is 5.16 Å². The zero-order valence-corrected chi connectivity index (χ0v) is 19.7. The highest BCUT2D eigenvalue weighted by Gasteiger charge is 2.28. The van der Waals surface area contributed by atoms with Crippen LogP contribution >= 0.6 is 11.8 Å². The number of hydrogen-bond acceptors (Lipinski definition) is 5. The number of nitrogens with zero attached hydrogens (tertiary/aromatic N) is 3. The van der Waals surface area contributed by atoms with Gasteiger partial charge in [-0.3, -0.25) is 0 Å². The maximum absolute atomic E-state index is 14.1. The average molecular weight is 494 g/mol. The molecule has 0 aliphatic carbocycles. The molecule has 33 heavy (non-hydrogen) atoms. The average Bonchev–Trinajstić information content (AvgIpc) is 3.55. The fourth-order valence-corrected chi connectivity index (χ4v) is 6.93. The summed E-state index contributed by atoms with van der Waals surface area (Å²) in [6.07, 6.45) is 3.74. The van der Waals surface area contributed by atoms with Crippen LogP contribution in [-0.4, -0.2) is 48.1 Å². The first kappa shape index (κ1) is 22.8. The van der Waals surface area contributed by atoms with Gasteiger partial charge in [-0.2, -0.15) is 4.31 Å². The second-order valence-electron chi connectivity index (χ2n) is 8.43. The molecule has 1 atom stereocenters. The van der Waals surface area contributed by atoms with Crippen LogP contribution in [0.4, 0.5) is 8.78 Å². The van der Waals surface area contributed by atoms with E-state index in [1.165, 1.54) is 28.2 Å². The van der Waals surface area contributed by atoms with Gasteiger partial charge in [0.05, 0.1) is 28.6 Å². The number of rotatable bonds is 7. The van der Waals surface area contributed by atoms with E-state index >= 15 is 0 Å². The van der Waals surface area contributed by atoms with E-state index < -0.39 is 21.7 Å². The third-order valence-corrected chi connectivity index (χ3v) is 9.09. The molecular formula is C23H25F2N3O3S2. The summed E-state index contributed by atoms with van der Waals surface area (Å²) < 4.78 is 62.8. The summed E-state index contributed by atoms with van der Waals surface area (Å²) in [7, 11) is -3.55.